The largest absolute Gasteiger partial charge is 0.338 e. The fraction of sp³-hybridized carbons (Fsp3) is 0.667. The molecule has 0 saturated carbocycles. The van der Waals surface area contributed by atoms with E-state index in [4.69, 9.17) is 0 Å². The summed E-state index contributed by atoms with van der Waals surface area (Å²) in [6, 6.07) is 0. The van der Waals surface area contributed by atoms with Crippen LogP contribution in [-0.2, 0) is 6.42 Å². The summed E-state index contributed by atoms with van der Waals surface area (Å²) in [4.78, 5) is 18.0. The predicted octanol–water partition coefficient (Wildman–Crippen LogP) is 0.142. The van der Waals surface area contributed by atoms with Gasteiger partial charge in [0.05, 0.1) is 0 Å². The molecule has 0 atom stereocenters. The van der Waals surface area contributed by atoms with Crippen LogP contribution in [0.5, 0.6) is 0 Å². The molecule has 7 nitrogen and oxygen atoms in total. The molecule has 2 aromatic heterocycles. The Hall–Kier alpha value is -1.76. The first kappa shape index (κ1) is 12.3. The summed E-state index contributed by atoms with van der Waals surface area (Å²) in [5.74, 6) is 3.08. The maximum absolute atomic E-state index is 4.64. The Balaban J connectivity index is 2.05. The van der Waals surface area contributed by atoms with E-state index in [0.29, 0.717) is 5.78 Å². The zero-order valence-corrected chi connectivity index (χ0v) is 11.7. The maximum Gasteiger partial charge on any atom is 0.257 e. The Kier molecular flexibility index (Phi) is 3.06. The van der Waals surface area contributed by atoms with Crippen LogP contribution in [0.15, 0.2) is 0 Å². The van der Waals surface area contributed by atoms with Gasteiger partial charge >= 0.3 is 0 Å². The molecule has 0 radical (unpaired) electrons. The first-order chi connectivity index (χ1) is 9.17. The molecular formula is C12H19N7. The van der Waals surface area contributed by atoms with Crippen molar-refractivity contribution in [3.05, 3.63) is 11.6 Å². The Morgan fingerprint density at radius 3 is 2.47 bits per heavy atom. The lowest BCUT2D eigenvalue weighted by Crippen LogP contribution is -2.45. The SMILES string of the molecule is CCc1nc(N2CCN(C)CC2)n2nc(C)nc2n1. The summed E-state index contributed by atoms with van der Waals surface area (Å²) in [6.07, 6.45) is 0.809. The van der Waals surface area contributed by atoms with Gasteiger partial charge < -0.3 is 9.80 Å². The number of fused-ring (bicyclic) bond motifs is 1. The van der Waals surface area contributed by atoms with E-state index in [1.54, 1.807) is 4.52 Å². The number of rotatable bonds is 2. The number of piperazine rings is 1. The van der Waals surface area contributed by atoms with Crippen molar-refractivity contribution < 1.29 is 0 Å². The van der Waals surface area contributed by atoms with E-state index < -0.39 is 0 Å². The summed E-state index contributed by atoms with van der Waals surface area (Å²) in [6.45, 7) is 7.95. The molecule has 3 rings (SSSR count). The minimum absolute atomic E-state index is 0.651. The molecular weight excluding hydrogens is 242 g/mol. The normalized spacial score (nSPS) is 17.3. The molecule has 3 heterocycles. The van der Waals surface area contributed by atoms with Crippen LogP contribution >= 0.6 is 0 Å². The van der Waals surface area contributed by atoms with E-state index in [-0.39, 0.29) is 0 Å². The van der Waals surface area contributed by atoms with Gasteiger partial charge in [-0.1, -0.05) is 6.92 Å². The van der Waals surface area contributed by atoms with Gasteiger partial charge in [-0.2, -0.15) is 19.5 Å². The van der Waals surface area contributed by atoms with Gasteiger partial charge in [0.15, 0.2) is 0 Å². The van der Waals surface area contributed by atoms with Crippen LogP contribution in [0.2, 0.25) is 0 Å². The van der Waals surface area contributed by atoms with Gasteiger partial charge in [-0.25, -0.2) is 0 Å². The molecule has 1 aliphatic rings. The van der Waals surface area contributed by atoms with Crippen LogP contribution in [0.1, 0.15) is 18.6 Å². The average molecular weight is 261 g/mol. The Bertz CT molecular complexity index is 583. The minimum Gasteiger partial charge on any atom is -0.338 e. The van der Waals surface area contributed by atoms with Crippen molar-refractivity contribution >= 4 is 11.7 Å². The van der Waals surface area contributed by atoms with Crippen LogP contribution < -0.4 is 4.90 Å². The highest BCUT2D eigenvalue weighted by Crippen LogP contribution is 2.15. The lowest BCUT2D eigenvalue weighted by Gasteiger charge is -2.32. The van der Waals surface area contributed by atoms with E-state index in [0.717, 1.165) is 50.2 Å². The fourth-order valence-corrected chi connectivity index (χ4v) is 2.28. The third-order valence-corrected chi connectivity index (χ3v) is 3.45. The second-order valence-electron chi connectivity index (χ2n) is 4.95. The van der Waals surface area contributed by atoms with Gasteiger partial charge in [0.1, 0.15) is 11.6 Å². The number of aryl methyl sites for hydroxylation is 2. The highest BCUT2D eigenvalue weighted by molar-refractivity contribution is 5.41. The molecule has 0 aliphatic carbocycles. The highest BCUT2D eigenvalue weighted by atomic mass is 15.4. The molecule has 102 valence electrons. The average Bonchev–Trinajstić information content (AvgIpc) is 2.78. The van der Waals surface area contributed by atoms with Crippen LogP contribution in [-0.4, -0.2) is 62.7 Å². The molecule has 0 aromatic carbocycles. The summed E-state index contributed by atoms with van der Waals surface area (Å²) in [5, 5.41) is 4.41. The van der Waals surface area contributed by atoms with Crippen molar-refractivity contribution in [2.75, 3.05) is 38.1 Å². The molecule has 0 spiro atoms. The Morgan fingerprint density at radius 1 is 1.05 bits per heavy atom. The second kappa shape index (κ2) is 4.73. The zero-order valence-electron chi connectivity index (χ0n) is 11.7. The topological polar surface area (TPSA) is 62.5 Å². The standard InChI is InChI=1S/C12H19N7/c1-4-10-14-11-13-9(2)16-19(11)12(15-10)18-7-5-17(3)6-8-18/h4-8H2,1-3H3. The number of nitrogens with zero attached hydrogens (tertiary/aromatic N) is 7. The van der Waals surface area contributed by atoms with Crippen molar-refractivity contribution in [1.29, 1.82) is 0 Å². The molecule has 1 saturated heterocycles. The first-order valence-electron chi connectivity index (χ1n) is 6.71. The summed E-state index contributed by atoms with van der Waals surface area (Å²) in [7, 11) is 2.14. The maximum atomic E-state index is 4.64. The number of anilines is 1. The Morgan fingerprint density at radius 2 is 1.79 bits per heavy atom. The Labute approximate surface area is 112 Å². The summed E-state index contributed by atoms with van der Waals surface area (Å²) in [5.41, 5.74) is 0. The number of hydrogen-bond donors (Lipinski definition) is 0. The van der Waals surface area contributed by atoms with Crippen LogP contribution in [0.25, 0.3) is 5.78 Å². The van der Waals surface area contributed by atoms with E-state index in [2.05, 4.69) is 43.8 Å². The van der Waals surface area contributed by atoms with Crippen molar-refractivity contribution in [2.24, 2.45) is 0 Å². The van der Waals surface area contributed by atoms with Gasteiger partial charge in [0, 0.05) is 32.6 Å². The fourth-order valence-electron chi connectivity index (χ4n) is 2.28. The minimum atomic E-state index is 0.651. The number of hydrogen-bond acceptors (Lipinski definition) is 6. The van der Waals surface area contributed by atoms with Gasteiger partial charge in [-0.15, -0.1) is 5.10 Å². The van der Waals surface area contributed by atoms with Crippen molar-refractivity contribution in [3.63, 3.8) is 0 Å². The molecule has 1 fully saturated rings. The third-order valence-electron chi connectivity index (χ3n) is 3.45. The quantitative estimate of drug-likeness (QED) is 0.766. The summed E-state index contributed by atoms with van der Waals surface area (Å²) >= 11 is 0. The van der Waals surface area contributed by atoms with E-state index in [1.807, 2.05) is 6.92 Å². The van der Waals surface area contributed by atoms with Crippen LogP contribution in [0.4, 0.5) is 5.95 Å². The molecule has 2 aromatic rings. The number of aromatic nitrogens is 5. The monoisotopic (exact) mass is 261 g/mol. The van der Waals surface area contributed by atoms with Crippen LogP contribution in [0.3, 0.4) is 0 Å². The van der Waals surface area contributed by atoms with Gasteiger partial charge in [-0.3, -0.25) is 0 Å². The second-order valence-corrected chi connectivity index (χ2v) is 4.95. The molecule has 7 heteroatoms. The smallest absolute Gasteiger partial charge is 0.257 e. The molecule has 19 heavy (non-hydrogen) atoms. The first-order valence-corrected chi connectivity index (χ1v) is 6.71. The van der Waals surface area contributed by atoms with Gasteiger partial charge in [-0.05, 0) is 14.0 Å². The van der Waals surface area contributed by atoms with E-state index in [1.165, 1.54) is 0 Å². The van der Waals surface area contributed by atoms with Crippen LogP contribution in [0, 0.1) is 6.92 Å². The molecule has 0 amide bonds. The zero-order chi connectivity index (χ0) is 13.4. The predicted molar refractivity (Wildman–Crippen MR) is 72.4 cm³/mol. The highest BCUT2D eigenvalue weighted by Gasteiger charge is 2.20. The van der Waals surface area contributed by atoms with Gasteiger partial charge in [0.2, 0.25) is 5.95 Å². The lowest BCUT2D eigenvalue weighted by molar-refractivity contribution is 0.310. The van der Waals surface area contributed by atoms with Crippen molar-refractivity contribution in [1.82, 2.24) is 29.5 Å². The van der Waals surface area contributed by atoms with Crippen molar-refractivity contribution in [2.45, 2.75) is 20.3 Å². The molecule has 0 bridgehead atoms. The third kappa shape index (κ3) is 2.25. The van der Waals surface area contributed by atoms with Crippen molar-refractivity contribution in [3.8, 4) is 0 Å². The molecule has 1 aliphatic heterocycles. The van der Waals surface area contributed by atoms with E-state index >= 15 is 0 Å². The lowest BCUT2D eigenvalue weighted by atomic mass is 10.3. The number of likely N-dealkylation sites (N-methyl/N-ethyl adjacent to an activating group) is 1. The molecule has 0 unspecified atom stereocenters. The van der Waals surface area contributed by atoms with Gasteiger partial charge in [0.25, 0.3) is 5.78 Å². The summed E-state index contributed by atoms with van der Waals surface area (Å²) < 4.78 is 1.76. The van der Waals surface area contributed by atoms with E-state index in [9.17, 15) is 0 Å². The molecule has 0 N–H and O–H groups in total.